The highest BCUT2D eigenvalue weighted by Gasteiger charge is 2.18. The molecule has 0 saturated carbocycles. The molecule has 0 fully saturated rings. The van der Waals surface area contributed by atoms with Crippen molar-refractivity contribution in [3.63, 3.8) is 0 Å². The van der Waals surface area contributed by atoms with Gasteiger partial charge < -0.3 is 4.74 Å². The fourth-order valence-corrected chi connectivity index (χ4v) is 1.60. The van der Waals surface area contributed by atoms with Crippen molar-refractivity contribution in [2.24, 2.45) is 5.92 Å². The fraction of sp³-hybridized carbons (Fsp3) is 0.462. The number of nitriles is 1. The topological polar surface area (TPSA) is 33.0 Å². The quantitative estimate of drug-likeness (QED) is 0.751. The van der Waals surface area contributed by atoms with Crippen molar-refractivity contribution in [1.82, 2.24) is 0 Å². The molecule has 1 rings (SSSR count). The summed E-state index contributed by atoms with van der Waals surface area (Å²) >= 11 is 0. The van der Waals surface area contributed by atoms with Crippen molar-refractivity contribution < 1.29 is 4.74 Å². The predicted octanol–water partition coefficient (Wildman–Crippen LogP) is 3.35. The van der Waals surface area contributed by atoms with Gasteiger partial charge in [-0.15, -0.1) is 0 Å². The number of ether oxygens (including phenoxy) is 1. The zero-order valence-electron chi connectivity index (χ0n) is 9.53. The number of rotatable bonds is 4. The van der Waals surface area contributed by atoms with Gasteiger partial charge in [-0.1, -0.05) is 32.0 Å². The number of hydrogen-bond donors (Lipinski definition) is 0. The van der Waals surface area contributed by atoms with E-state index in [0.717, 1.165) is 11.3 Å². The van der Waals surface area contributed by atoms with E-state index in [2.05, 4.69) is 19.9 Å². The molecule has 0 aliphatic rings. The molecule has 0 aliphatic carbocycles. The van der Waals surface area contributed by atoms with Crippen LogP contribution in [0.2, 0.25) is 0 Å². The summed E-state index contributed by atoms with van der Waals surface area (Å²) in [4.78, 5) is 0. The van der Waals surface area contributed by atoms with E-state index in [9.17, 15) is 0 Å². The first-order valence-electron chi connectivity index (χ1n) is 5.32. The van der Waals surface area contributed by atoms with Crippen LogP contribution in [0, 0.1) is 17.2 Å². The molecule has 1 aromatic rings. The summed E-state index contributed by atoms with van der Waals surface area (Å²) in [5.74, 6) is 1.05. The van der Waals surface area contributed by atoms with E-state index in [1.165, 1.54) is 0 Å². The van der Waals surface area contributed by atoms with E-state index in [1.807, 2.05) is 31.2 Å². The van der Waals surface area contributed by atoms with Crippen molar-refractivity contribution in [1.29, 1.82) is 5.26 Å². The Bertz CT molecular complexity index is 352. The summed E-state index contributed by atoms with van der Waals surface area (Å²) in [7, 11) is 0. The van der Waals surface area contributed by atoms with Crippen LogP contribution in [0.25, 0.3) is 0 Å². The molecule has 0 heterocycles. The Morgan fingerprint density at radius 3 is 2.53 bits per heavy atom. The molecular weight excluding hydrogens is 186 g/mol. The molecule has 80 valence electrons. The Kier molecular flexibility index (Phi) is 4.17. The highest BCUT2D eigenvalue weighted by Crippen LogP contribution is 2.31. The molecule has 2 heteroatoms. The lowest BCUT2D eigenvalue weighted by Gasteiger charge is -2.17. The molecule has 0 aromatic heterocycles. The lowest BCUT2D eigenvalue weighted by atomic mass is 9.89. The van der Waals surface area contributed by atoms with Gasteiger partial charge in [-0.05, 0) is 18.9 Å². The second kappa shape index (κ2) is 5.41. The molecule has 0 spiro atoms. The summed E-state index contributed by atoms with van der Waals surface area (Å²) in [6.45, 7) is 6.69. The van der Waals surface area contributed by atoms with Crippen LogP contribution in [0.15, 0.2) is 24.3 Å². The molecule has 2 nitrogen and oxygen atoms in total. The van der Waals surface area contributed by atoms with E-state index in [4.69, 9.17) is 10.00 Å². The van der Waals surface area contributed by atoms with Gasteiger partial charge in [-0.25, -0.2) is 0 Å². The maximum atomic E-state index is 9.14. The molecule has 0 saturated heterocycles. The van der Waals surface area contributed by atoms with Crippen molar-refractivity contribution in [2.45, 2.75) is 26.7 Å². The third kappa shape index (κ3) is 2.73. The normalized spacial score (nSPS) is 12.2. The lowest BCUT2D eigenvalue weighted by molar-refractivity contribution is 0.333. The zero-order chi connectivity index (χ0) is 11.3. The Balaban J connectivity index is 3.06. The van der Waals surface area contributed by atoms with Crippen LogP contribution in [0.5, 0.6) is 5.75 Å². The molecular formula is C13H17NO. The maximum absolute atomic E-state index is 9.14. The molecule has 0 aliphatic heterocycles. The van der Waals surface area contributed by atoms with Crippen molar-refractivity contribution in [2.75, 3.05) is 6.61 Å². The minimum absolute atomic E-state index is 0.0900. The van der Waals surface area contributed by atoms with Crippen LogP contribution >= 0.6 is 0 Å². The summed E-state index contributed by atoms with van der Waals surface area (Å²) in [5.41, 5.74) is 0.997. The third-order valence-electron chi connectivity index (χ3n) is 2.36. The van der Waals surface area contributed by atoms with Gasteiger partial charge in [0.25, 0.3) is 0 Å². The average molecular weight is 203 g/mol. The highest BCUT2D eigenvalue weighted by molar-refractivity contribution is 5.39. The molecule has 0 N–H and O–H groups in total. The maximum Gasteiger partial charge on any atom is 0.123 e. The van der Waals surface area contributed by atoms with E-state index >= 15 is 0 Å². The molecule has 1 atom stereocenters. The van der Waals surface area contributed by atoms with E-state index in [-0.39, 0.29) is 5.92 Å². The van der Waals surface area contributed by atoms with Crippen LogP contribution in [0.4, 0.5) is 0 Å². The summed E-state index contributed by atoms with van der Waals surface area (Å²) in [6, 6.07) is 10.1. The average Bonchev–Trinajstić information content (AvgIpc) is 2.21. The van der Waals surface area contributed by atoms with Gasteiger partial charge in [0, 0.05) is 5.56 Å². The fourth-order valence-electron chi connectivity index (χ4n) is 1.60. The van der Waals surface area contributed by atoms with E-state index in [1.54, 1.807) is 0 Å². The minimum Gasteiger partial charge on any atom is -0.494 e. The van der Waals surface area contributed by atoms with Crippen LogP contribution in [0.3, 0.4) is 0 Å². The van der Waals surface area contributed by atoms with Gasteiger partial charge in [-0.3, -0.25) is 0 Å². The molecule has 1 aromatic carbocycles. The molecule has 0 unspecified atom stereocenters. The summed E-state index contributed by atoms with van der Waals surface area (Å²) in [6.07, 6.45) is 0. The first-order chi connectivity index (χ1) is 7.20. The first-order valence-corrected chi connectivity index (χ1v) is 5.32. The van der Waals surface area contributed by atoms with E-state index < -0.39 is 0 Å². The van der Waals surface area contributed by atoms with Crippen LogP contribution in [-0.4, -0.2) is 6.61 Å². The van der Waals surface area contributed by atoms with Crippen LogP contribution < -0.4 is 4.74 Å². The van der Waals surface area contributed by atoms with Crippen LogP contribution in [0.1, 0.15) is 32.3 Å². The molecule has 0 bridgehead atoms. The highest BCUT2D eigenvalue weighted by atomic mass is 16.5. The monoisotopic (exact) mass is 203 g/mol. The van der Waals surface area contributed by atoms with Gasteiger partial charge >= 0.3 is 0 Å². The van der Waals surface area contributed by atoms with Gasteiger partial charge in [0.1, 0.15) is 5.75 Å². The van der Waals surface area contributed by atoms with E-state index in [0.29, 0.717) is 12.5 Å². The number of hydrogen-bond acceptors (Lipinski definition) is 2. The molecule has 0 amide bonds. The van der Waals surface area contributed by atoms with Crippen LogP contribution in [-0.2, 0) is 0 Å². The molecule has 15 heavy (non-hydrogen) atoms. The largest absolute Gasteiger partial charge is 0.494 e. The van der Waals surface area contributed by atoms with Crippen molar-refractivity contribution in [3.8, 4) is 11.8 Å². The Morgan fingerprint density at radius 1 is 1.33 bits per heavy atom. The van der Waals surface area contributed by atoms with Gasteiger partial charge in [0.05, 0.1) is 18.6 Å². The number of para-hydroxylation sites is 1. The number of nitrogens with zero attached hydrogens (tertiary/aromatic N) is 1. The van der Waals surface area contributed by atoms with Gasteiger partial charge in [0.15, 0.2) is 0 Å². The number of benzene rings is 1. The second-order valence-electron chi connectivity index (χ2n) is 3.82. The zero-order valence-corrected chi connectivity index (χ0v) is 9.53. The molecule has 0 radical (unpaired) electrons. The Morgan fingerprint density at radius 2 is 2.00 bits per heavy atom. The third-order valence-corrected chi connectivity index (χ3v) is 2.36. The smallest absolute Gasteiger partial charge is 0.123 e. The minimum atomic E-state index is -0.0900. The summed E-state index contributed by atoms with van der Waals surface area (Å²) in [5, 5.41) is 9.14. The predicted molar refractivity (Wildman–Crippen MR) is 60.8 cm³/mol. The standard InChI is InChI=1S/C13H17NO/c1-4-15-13-8-6-5-7-11(13)12(9-14)10(2)3/h5-8,10,12H,4H2,1-3H3/t12-/m1/s1. The Labute approximate surface area is 91.5 Å². The Hall–Kier alpha value is -1.49. The lowest BCUT2D eigenvalue weighted by Crippen LogP contribution is -2.06. The first kappa shape index (κ1) is 11.6. The van der Waals surface area contributed by atoms with Gasteiger partial charge in [0.2, 0.25) is 0 Å². The second-order valence-corrected chi connectivity index (χ2v) is 3.82. The van der Waals surface area contributed by atoms with Crippen molar-refractivity contribution in [3.05, 3.63) is 29.8 Å². The van der Waals surface area contributed by atoms with Gasteiger partial charge in [-0.2, -0.15) is 5.26 Å². The summed E-state index contributed by atoms with van der Waals surface area (Å²) < 4.78 is 5.52. The van der Waals surface area contributed by atoms with Crippen molar-refractivity contribution >= 4 is 0 Å². The SMILES string of the molecule is CCOc1ccccc1[C@H](C#N)C(C)C.